The van der Waals surface area contributed by atoms with E-state index < -0.39 is 36.2 Å². The van der Waals surface area contributed by atoms with Gasteiger partial charge in [-0.2, -0.15) is 13.2 Å². The maximum Gasteiger partial charge on any atom is 0.393 e. The van der Waals surface area contributed by atoms with Gasteiger partial charge in [0, 0.05) is 25.1 Å². The Morgan fingerprint density at radius 3 is 2.73 bits per heavy atom. The minimum absolute atomic E-state index is 0.00602. The first-order chi connectivity index (χ1) is 12.3. The Morgan fingerprint density at radius 2 is 2.00 bits per heavy atom. The number of amides is 2. The summed E-state index contributed by atoms with van der Waals surface area (Å²) in [7, 11) is 0. The lowest BCUT2D eigenvalue weighted by Crippen LogP contribution is -2.50. The number of aromatic nitrogens is 2. The Kier molecular flexibility index (Phi) is 3.67. The standard InChI is InChI=1S/C15H13F3N4O4/c16-15(17,18)7-1-12(23)19-4-6(7)13(24)22-14-20-8-2-10-11(26-5-25-10)3-9(8)21-14/h2-3,6-7H,1,4-5H2,(H,19,23)(H2,20,21,22,24). The summed E-state index contributed by atoms with van der Waals surface area (Å²) >= 11 is 0. The fraction of sp³-hybridized carbons (Fsp3) is 0.400. The molecule has 0 spiro atoms. The molecule has 138 valence electrons. The van der Waals surface area contributed by atoms with Gasteiger partial charge in [0.2, 0.25) is 24.6 Å². The molecule has 8 nitrogen and oxygen atoms in total. The van der Waals surface area contributed by atoms with Crippen LogP contribution in [0.4, 0.5) is 19.1 Å². The van der Waals surface area contributed by atoms with Crippen molar-refractivity contribution in [3.63, 3.8) is 0 Å². The van der Waals surface area contributed by atoms with E-state index in [1.807, 2.05) is 0 Å². The summed E-state index contributed by atoms with van der Waals surface area (Å²) < 4.78 is 49.9. The van der Waals surface area contributed by atoms with Gasteiger partial charge in [0.25, 0.3) is 0 Å². The first-order valence-electron chi connectivity index (χ1n) is 7.75. The molecule has 3 heterocycles. The Hall–Kier alpha value is -2.98. The average Bonchev–Trinajstić information content (AvgIpc) is 3.16. The molecule has 1 aromatic heterocycles. The van der Waals surface area contributed by atoms with Crippen LogP contribution in [0.5, 0.6) is 11.5 Å². The van der Waals surface area contributed by atoms with Gasteiger partial charge >= 0.3 is 6.18 Å². The number of ether oxygens (including phenoxy) is 2. The molecule has 0 aliphatic carbocycles. The van der Waals surface area contributed by atoms with Crippen molar-refractivity contribution in [1.29, 1.82) is 0 Å². The van der Waals surface area contributed by atoms with Crippen LogP contribution in [-0.4, -0.2) is 41.3 Å². The minimum Gasteiger partial charge on any atom is -0.454 e. The van der Waals surface area contributed by atoms with Crippen molar-refractivity contribution in [3.8, 4) is 11.5 Å². The van der Waals surface area contributed by atoms with Crippen LogP contribution in [0.1, 0.15) is 6.42 Å². The molecule has 0 radical (unpaired) electrons. The lowest BCUT2D eigenvalue weighted by molar-refractivity contribution is -0.197. The fourth-order valence-electron chi connectivity index (χ4n) is 3.07. The van der Waals surface area contributed by atoms with E-state index in [0.717, 1.165) is 0 Å². The highest BCUT2D eigenvalue weighted by atomic mass is 19.4. The number of piperidine rings is 1. The molecule has 3 N–H and O–H groups in total. The van der Waals surface area contributed by atoms with Gasteiger partial charge < -0.3 is 19.8 Å². The molecule has 2 amide bonds. The van der Waals surface area contributed by atoms with Crippen molar-refractivity contribution in [2.45, 2.75) is 12.6 Å². The van der Waals surface area contributed by atoms with Crippen molar-refractivity contribution >= 4 is 28.8 Å². The zero-order chi connectivity index (χ0) is 18.5. The first kappa shape index (κ1) is 16.5. The number of hydrogen-bond acceptors (Lipinski definition) is 5. The molecule has 0 saturated carbocycles. The van der Waals surface area contributed by atoms with E-state index in [0.29, 0.717) is 22.5 Å². The van der Waals surface area contributed by atoms with Crippen molar-refractivity contribution in [3.05, 3.63) is 12.1 Å². The van der Waals surface area contributed by atoms with Crippen LogP contribution in [0.25, 0.3) is 11.0 Å². The van der Waals surface area contributed by atoms with Crippen LogP contribution in [0.2, 0.25) is 0 Å². The number of nitrogens with zero attached hydrogens (tertiary/aromatic N) is 1. The van der Waals surface area contributed by atoms with Crippen molar-refractivity contribution < 1.29 is 32.2 Å². The number of H-pyrrole nitrogens is 1. The quantitative estimate of drug-likeness (QED) is 0.744. The van der Waals surface area contributed by atoms with Crippen LogP contribution < -0.4 is 20.1 Å². The molecule has 4 rings (SSSR count). The molecule has 2 aromatic rings. The smallest absolute Gasteiger partial charge is 0.393 e. The number of carbonyl (C=O) groups is 2. The summed E-state index contributed by atoms with van der Waals surface area (Å²) in [6.45, 7) is -0.289. The van der Waals surface area contributed by atoms with E-state index in [-0.39, 0.29) is 19.3 Å². The third-order valence-corrected chi connectivity index (χ3v) is 4.39. The predicted octanol–water partition coefficient (Wildman–Crippen LogP) is 1.54. The second kappa shape index (κ2) is 5.78. The molecular weight excluding hydrogens is 357 g/mol. The Balaban J connectivity index is 1.55. The zero-order valence-corrected chi connectivity index (χ0v) is 13.1. The van der Waals surface area contributed by atoms with E-state index in [1.54, 1.807) is 12.1 Å². The molecule has 0 bridgehead atoms. The number of alkyl halides is 3. The molecule has 1 saturated heterocycles. The maximum atomic E-state index is 13.2. The number of benzene rings is 1. The molecule has 26 heavy (non-hydrogen) atoms. The van der Waals surface area contributed by atoms with Gasteiger partial charge in [-0.1, -0.05) is 0 Å². The third kappa shape index (κ3) is 2.89. The van der Waals surface area contributed by atoms with Gasteiger partial charge in [0.15, 0.2) is 11.5 Å². The van der Waals surface area contributed by atoms with Gasteiger partial charge in [0.05, 0.1) is 22.9 Å². The van der Waals surface area contributed by atoms with Crippen molar-refractivity contribution in [2.75, 3.05) is 18.7 Å². The first-order valence-corrected chi connectivity index (χ1v) is 7.75. The van der Waals surface area contributed by atoms with Crippen LogP contribution >= 0.6 is 0 Å². The molecule has 2 unspecified atom stereocenters. The Morgan fingerprint density at radius 1 is 1.27 bits per heavy atom. The third-order valence-electron chi connectivity index (χ3n) is 4.39. The number of carbonyl (C=O) groups excluding carboxylic acids is 2. The normalized spacial score (nSPS) is 22.3. The minimum atomic E-state index is -4.65. The maximum absolute atomic E-state index is 13.2. The van der Waals surface area contributed by atoms with Gasteiger partial charge in [-0.3, -0.25) is 14.9 Å². The molecule has 11 heteroatoms. The molecular formula is C15H13F3N4O4. The number of nitrogens with one attached hydrogen (secondary N) is 3. The second-order valence-electron chi connectivity index (χ2n) is 6.06. The van der Waals surface area contributed by atoms with Gasteiger partial charge in [-0.25, -0.2) is 4.98 Å². The summed E-state index contributed by atoms with van der Waals surface area (Å²) in [5, 5.41) is 4.65. The van der Waals surface area contributed by atoms with Crippen molar-refractivity contribution in [2.24, 2.45) is 11.8 Å². The van der Waals surface area contributed by atoms with Crippen LogP contribution in [0.15, 0.2) is 12.1 Å². The summed E-state index contributed by atoms with van der Waals surface area (Å²) in [5.41, 5.74) is 1.00. The Bertz CT molecular complexity index is 854. The SMILES string of the molecule is O=C1CC(C(F)(F)F)C(C(=O)Nc2nc3cc4c(cc3[nH]2)OCO4)CN1. The van der Waals surface area contributed by atoms with Gasteiger partial charge in [-0.15, -0.1) is 0 Å². The summed E-state index contributed by atoms with van der Waals surface area (Å²) in [6, 6.07) is 3.23. The summed E-state index contributed by atoms with van der Waals surface area (Å²) in [6.07, 6.45) is -5.42. The number of anilines is 1. The number of halogens is 3. The predicted molar refractivity (Wildman–Crippen MR) is 81.5 cm³/mol. The highest BCUT2D eigenvalue weighted by molar-refractivity contribution is 5.94. The second-order valence-corrected chi connectivity index (χ2v) is 6.06. The van der Waals surface area contributed by atoms with E-state index >= 15 is 0 Å². The molecule has 2 aliphatic rings. The van der Waals surface area contributed by atoms with Crippen LogP contribution in [0, 0.1) is 11.8 Å². The topological polar surface area (TPSA) is 105 Å². The lowest BCUT2D eigenvalue weighted by atomic mass is 9.85. The van der Waals surface area contributed by atoms with Gasteiger partial charge in [0.1, 0.15) is 0 Å². The zero-order valence-electron chi connectivity index (χ0n) is 13.1. The van der Waals surface area contributed by atoms with Crippen LogP contribution in [-0.2, 0) is 9.59 Å². The average molecular weight is 370 g/mol. The highest BCUT2D eigenvalue weighted by Crippen LogP contribution is 2.38. The fourth-order valence-corrected chi connectivity index (χ4v) is 3.07. The van der Waals surface area contributed by atoms with E-state index in [4.69, 9.17) is 9.47 Å². The highest BCUT2D eigenvalue weighted by Gasteiger charge is 2.50. The molecule has 1 aromatic carbocycles. The number of aromatic amines is 1. The molecule has 2 aliphatic heterocycles. The summed E-state index contributed by atoms with van der Waals surface area (Å²) in [5.74, 6) is -4.06. The lowest BCUT2D eigenvalue weighted by Gasteiger charge is -2.31. The largest absolute Gasteiger partial charge is 0.454 e. The van der Waals surface area contributed by atoms with E-state index in [2.05, 4.69) is 20.6 Å². The number of hydrogen-bond donors (Lipinski definition) is 3. The molecule has 2 atom stereocenters. The molecule has 1 fully saturated rings. The van der Waals surface area contributed by atoms with E-state index in [9.17, 15) is 22.8 Å². The van der Waals surface area contributed by atoms with E-state index in [1.165, 1.54) is 0 Å². The van der Waals surface area contributed by atoms with Crippen molar-refractivity contribution in [1.82, 2.24) is 15.3 Å². The number of rotatable bonds is 2. The number of imidazole rings is 1. The monoisotopic (exact) mass is 370 g/mol. The van der Waals surface area contributed by atoms with Crippen LogP contribution in [0.3, 0.4) is 0 Å². The van der Waals surface area contributed by atoms with Gasteiger partial charge in [-0.05, 0) is 0 Å². The summed E-state index contributed by atoms with van der Waals surface area (Å²) in [4.78, 5) is 30.6. The Labute approximate surface area is 144 Å². The number of fused-ring (bicyclic) bond motifs is 2.